The quantitative estimate of drug-likeness (QED) is 0.268. The molecule has 0 saturated heterocycles. The zero-order valence-electron chi connectivity index (χ0n) is 21.2. The van der Waals surface area contributed by atoms with Gasteiger partial charge in [-0.05, 0) is 57.4 Å². The Morgan fingerprint density at radius 1 is 1.22 bits per heavy atom. The number of carbonyl (C=O) groups excluding carboxylic acids is 1. The number of nitrogens with one attached hydrogen (secondary N) is 3. The zero-order chi connectivity index (χ0) is 26.5. The van der Waals surface area contributed by atoms with Crippen LogP contribution in [-0.2, 0) is 4.79 Å². The third kappa shape index (κ3) is 5.70. The van der Waals surface area contributed by atoms with Crippen LogP contribution in [0.25, 0.3) is 16.7 Å². The van der Waals surface area contributed by atoms with Crippen LogP contribution in [0.4, 0.5) is 27.4 Å². The monoisotopic (exact) mass is 503 g/mol. The van der Waals surface area contributed by atoms with E-state index in [4.69, 9.17) is 4.74 Å². The van der Waals surface area contributed by atoms with Crippen molar-refractivity contribution in [2.24, 2.45) is 0 Å². The lowest BCUT2D eigenvalue weighted by Crippen LogP contribution is -2.31. The van der Waals surface area contributed by atoms with Crippen LogP contribution in [0.2, 0.25) is 0 Å². The molecule has 2 heterocycles. The fourth-order valence-electron chi connectivity index (χ4n) is 3.71. The Bertz CT molecular complexity index is 1430. The molecule has 2 aromatic heterocycles. The number of carbonyl (C=O) groups is 1. The SMILES string of the molecule is C=CC(=O)Nc1cc(Nc2nccc(-n3ccc4c(F)cccc43)n2)c(OC)cc1NCC(C)N(C)C. The van der Waals surface area contributed by atoms with Crippen molar-refractivity contribution in [2.45, 2.75) is 13.0 Å². The molecule has 1 amide bonds. The van der Waals surface area contributed by atoms with Gasteiger partial charge in [0.15, 0.2) is 0 Å². The zero-order valence-corrected chi connectivity index (χ0v) is 21.2. The van der Waals surface area contributed by atoms with E-state index < -0.39 is 0 Å². The Morgan fingerprint density at radius 2 is 2.03 bits per heavy atom. The van der Waals surface area contributed by atoms with Gasteiger partial charge in [-0.3, -0.25) is 4.79 Å². The van der Waals surface area contributed by atoms with Gasteiger partial charge < -0.3 is 30.2 Å². The third-order valence-electron chi connectivity index (χ3n) is 6.07. The van der Waals surface area contributed by atoms with E-state index in [1.165, 1.54) is 12.1 Å². The van der Waals surface area contributed by atoms with Gasteiger partial charge in [-0.1, -0.05) is 12.6 Å². The summed E-state index contributed by atoms with van der Waals surface area (Å²) in [5, 5.41) is 9.90. The molecule has 0 aliphatic carbocycles. The number of fused-ring (bicyclic) bond motifs is 1. The van der Waals surface area contributed by atoms with Crippen molar-refractivity contribution in [3.63, 3.8) is 0 Å². The third-order valence-corrected chi connectivity index (χ3v) is 6.07. The first kappa shape index (κ1) is 25.6. The molecular formula is C27H30FN7O2. The summed E-state index contributed by atoms with van der Waals surface area (Å²) in [4.78, 5) is 23.2. The van der Waals surface area contributed by atoms with Gasteiger partial charge in [0, 0.05) is 36.4 Å². The molecule has 0 aliphatic rings. The minimum absolute atomic E-state index is 0.251. The van der Waals surface area contributed by atoms with Crippen molar-refractivity contribution < 1.29 is 13.9 Å². The van der Waals surface area contributed by atoms with Gasteiger partial charge in [0.25, 0.3) is 0 Å². The summed E-state index contributed by atoms with van der Waals surface area (Å²) in [7, 11) is 5.56. The lowest BCUT2D eigenvalue weighted by molar-refractivity contribution is -0.111. The highest BCUT2D eigenvalue weighted by atomic mass is 19.1. The first-order chi connectivity index (χ1) is 17.8. The van der Waals surface area contributed by atoms with Gasteiger partial charge in [-0.25, -0.2) is 9.37 Å². The number of hydrogen-bond donors (Lipinski definition) is 3. The summed E-state index contributed by atoms with van der Waals surface area (Å²) in [5.41, 5.74) is 2.48. The number of likely N-dealkylation sites (N-methyl/N-ethyl adjacent to an activating group) is 1. The van der Waals surface area contributed by atoms with Crippen LogP contribution >= 0.6 is 0 Å². The van der Waals surface area contributed by atoms with Crippen molar-refractivity contribution in [3.8, 4) is 11.6 Å². The highest BCUT2D eigenvalue weighted by molar-refractivity contribution is 6.02. The molecule has 3 N–H and O–H groups in total. The second kappa shape index (κ2) is 11.1. The first-order valence-electron chi connectivity index (χ1n) is 11.7. The molecule has 9 nitrogen and oxygen atoms in total. The molecule has 192 valence electrons. The fourth-order valence-corrected chi connectivity index (χ4v) is 3.71. The lowest BCUT2D eigenvalue weighted by atomic mass is 10.2. The second-order valence-corrected chi connectivity index (χ2v) is 8.71. The van der Waals surface area contributed by atoms with Gasteiger partial charge in [-0.15, -0.1) is 0 Å². The normalized spacial score (nSPS) is 11.8. The molecule has 0 radical (unpaired) electrons. The topological polar surface area (TPSA) is 96.3 Å². The maximum absolute atomic E-state index is 14.2. The van der Waals surface area contributed by atoms with E-state index in [1.807, 2.05) is 20.2 Å². The minimum atomic E-state index is -0.343. The summed E-state index contributed by atoms with van der Waals surface area (Å²) in [6.07, 6.45) is 4.58. The van der Waals surface area contributed by atoms with Gasteiger partial charge in [-0.2, -0.15) is 4.98 Å². The predicted octanol–water partition coefficient (Wildman–Crippen LogP) is 4.80. The Balaban J connectivity index is 1.67. The Kier molecular flexibility index (Phi) is 7.69. The molecule has 4 rings (SSSR count). The standard InChI is InChI=1S/C27H30FN7O2/c1-6-26(36)31-21-14-22(24(37-5)15-20(21)30-16-17(2)34(3)4)32-27-29-12-10-25(33-27)35-13-11-18-19(28)8-7-9-23(18)35/h6-15,17,30H,1,16H2,2-5H3,(H,31,36)(H,29,32,33). The largest absolute Gasteiger partial charge is 0.494 e. The van der Waals surface area contributed by atoms with Crippen molar-refractivity contribution >= 4 is 39.8 Å². The first-order valence-corrected chi connectivity index (χ1v) is 11.7. The highest BCUT2D eigenvalue weighted by Gasteiger charge is 2.15. The van der Waals surface area contributed by atoms with Crippen LogP contribution in [0.1, 0.15) is 6.92 Å². The van der Waals surface area contributed by atoms with Gasteiger partial charge in [0.05, 0.1) is 29.7 Å². The van der Waals surface area contributed by atoms with Crippen LogP contribution < -0.4 is 20.7 Å². The second-order valence-electron chi connectivity index (χ2n) is 8.71. The Labute approximate surface area is 215 Å². The molecule has 1 unspecified atom stereocenters. The molecular weight excluding hydrogens is 473 g/mol. The lowest BCUT2D eigenvalue weighted by Gasteiger charge is -2.23. The summed E-state index contributed by atoms with van der Waals surface area (Å²) >= 11 is 0. The van der Waals surface area contributed by atoms with Crippen LogP contribution in [0.5, 0.6) is 5.75 Å². The molecule has 1 atom stereocenters. The van der Waals surface area contributed by atoms with Gasteiger partial charge in [0.1, 0.15) is 17.4 Å². The smallest absolute Gasteiger partial charge is 0.247 e. The number of nitrogens with zero attached hydrogens (tertiary/aromatic N) is 4. The average molecular weight is 504 g/mol. The maximum atomic E-state index is 14.2. The van der Waals surface area contributed by atoms with Crippen LogP contribution in [0.3, 0.4) is 0 Å². The Morgan fingerprint density at radius 3 is 2.76 bits per heavy atom. The number of methoxy groups -OCH3 is 1. The van der Waals surface area contributed by atoms with E-state index in [2.05, 4.69) is 44.3 Å². The molecule has 4 aromatic rings. The average Bonchev–Trinajstić information content (AvgIpc) is 3.33. The predicted molar refractivity (Wildman–Crippen MR) is 146 cm³/mol. The molecule has 10 heteroatoms. The summed E-state index contributed by atoms with van der Waals surface area (Å²) < 4.78 is 21.6. The van der Waals surface area contributed by atoms with E-state index in [-0.39, 0.29) is 17.8 Å². The molecule has 0 fully saturated rings. The van der Waals surface area contributed by atoms with Gasteiger partial charge >= 0.3 is 0 Å². The Hall–Kier alpha value is -4.44. The number of hydrogen-bond acceptors (Lipinski definition) is 7. The maximum Gasteiger partial charge on any atom is 0.247 e. The summed E-state index contributed by atoms with van der Waals surface area (Å²) in [6.45, 7) is 6.28. The van der Waals surface area contributed by atoms with E-state index >= 15 is 0 Å². The number of benzene rings is 2. The fraction of sp³-hybridized carbons (Fsp3) is 0.222. The summed E-state index contributed by atoms with van der Waals surface area (Å²) in [6, 6.07) is 12.2. The number of aromatic nitrogens is 3. The van der Waals surface area contributed by atoms with Crippen LogP contribution in [-0.4, -0.2) is 59.1 Å². The number of halogens is 1. The number of ether oxygens (including phenoxy) is 1. The molecule has 37 heavy (non-hydrogen) atoms. The van der Waals surface area contributed by atoms with Crippen LogP contribution in [0.15, 0.2) is 67.5 Å². The van der Waals surface area contributed by atoms with Crippen molar-refractivity contribution in [2.75, 3.05) is 43.7 Å². The van der Waals surface area contributed by atoms with Crippen molar-refractivity contribution in [3.05, 3.63) is 73.3 Å². The van der Waals surface area contributed by atoms with E-state index in [0.717, 1.165) is 0 Å². The number of rotatable bonds is 10. The molecule has 0 bridgehead atoms. The van der Waals surface area contributed by atoms with Crippen molar-refractivity contribution in [1.82, 2.24) is 19.4 Å². The molecule has 0 spiro atoms. The van der Waals surface area contributed by atoms with Crippen LogP contribution in [0, 0.1) is 5.82 Å². The van der Waals surface area contributed by atoms with E-state index in [1.54, 1.807) is 54.4 Å². The highest BCUT2D eigenvalue weighted by Crippen LogP contribution is 2.36. The van der Waals surface area contributed by atoms with Crippen molar-refractivity contribution in [1.29, 1.82) is 0 Å². The number of amides is 1. The molecule has 0 saturated carbocycles. The molecule has 0 aliphatic heterocycles. The minimum Gasteiger partial charge on any atom is -0.494 e. The number of anilines is 4. The van der Waals surface area contributed by atoms with E-state index in [0.29, 0.717) is 52.0 Å². The molecule has 2 aromatic carbocycles. The summed E-state index contributed by atoms with van der Waals surface area (Å²) in [5.74, 6) is 0.755. The van der Waals surface area contributed by atoms with Gasteiger partial charge in [0.2, 0.25) is 11.9 Å². The van der Waals surface area contributed by atoms with E-state index in [9.17, 15) is 9.18 Å².